The Morgan fingerprint density at radius 2 is 1.92 bits per heavy atom. The lowest BCUT2D eigenvalue weighted by Crippen LogP contribution is -1.97. The molecule has 1 heterocycles. The molecule has 0 saturated carbocycles. The van der Waals surface area contributed by atoms with Crippen molar-refractivity contribution in [3.8, 4) is 0 Å². The summed E-state index contributed by atoms with van der Waals surface area (Å²) in [6.45, 7) is 0. The number of hydrogen-bond acceptors (Lipinski definition) is 2. The summed E-state index contributed by atoms with van der Waals surface area (Å²) in [5, 5.41) is 0. The van der Waals surface area contributed by atoms with Gasteiger partial charge in [-0.2, -0.15) is 0 Å². The monoisotopic (exact) mass is 166 g/mol. The van der Waals surface area contributed by atoms with E-state index >= 15 is 0 Å². The third kappa shape index (κ3) is 1.25. The van der Waals surface area contributed by atoms with E-state index in [2.05, 4.69) is 0 Å². The van der Waals surface area contributed by atoms with Gasteiger partial charge < -0.3 is 9.47 Å². The van der Waals surface area contributed by atoms with E-state index in [4.69, 9.17) is 9.47 Å². The van der Waals surface area contributed by atoms with E-state index in [9.17, 15) is 4.39 Å². The highest BCUT2D eigenvalue weighted by atomic mass is 19.1. The van der Waals surface area contributed by atoms with Crippen molar-refractivity contribution in [2.45, 2.75) is 6.29 Å². The van der Waals surface area contributed by atoms with Crippen molar-refractivity contribution in [1.82, 2.24) is 0 Å². The maximum Gasteiger partial charge on any atom is 0.266 e. The van der Waals surface area contributed by atoms with E-state index in [1.54, 1.807) is 12.1 Å². The number of halogens is 1. The molecular weight excluding hydrogens is 159 g/mol. The first-order valence-electron chi connectivity index (χ1n) is 3.58. The van der Waals surface area contributed by atoms with Crippen LogP contribution in [0.1, 0.15) is 11.9 Å². The minimum Gasteiger partial charge on any atom is -0.455 e. The minimum absolute atomic E-state index is 0.286. The molecule has 2 nitrogen and oxygen atoms in total. The Kier molecular flexibility index (Phi) is 1.70. The summed E-state index contributed by atoms with van der Waals surface area (Å²) in [4.78, 5) is 0. The normalized spacial score (nSPS) is 15.8. The molecule has 2 rings (SSSR count). The average molecular weight is 166 g/mol. The van der Waals surface area contributed by atoms with Gasteiger partial charge in [0.2, 0.25) is 0 Å². The van der Waals surface area contributed by atoms with E-state index < -0.39 is 6.29 Å². The smallest absolute Gasteiger partial charge is 0.266 e. The van der Waals surface area contributed by atoms with E-state index in [-0.39, 0.29) is 5.82 Å². The highest BCUT2D eigenvalue weighted by Gasteiger charge is 2.14. The Bertz CT molecular complexity index is 301. The van der Waals surface area contributed by atoms with Crippen molar-refractivity contribution in [1.29, 1.82) is 0 Å². The predicted octanol–water partition coefficient (Wildman–Crippen LogP) is 2.34. The van der Waals surface area contributed by atoms with Gasteiger partial charge in [-0.05, 0) is 12.1 Å². The molecule has 12 heavy (non-hydrogen) atoms. The highest BCUT2D eigenvalue weighted by Crippen LogP contribution is 2.23. The summed E-state index contributed by atoms with van der Waals surface area (Å²) < 4.78 is 22.7. The number of ether oxygens (including phenoxy) is 2. The molecule has 3 heteroatoms. The summed E-state index contributed by atoms with van der Waals surface area (Å²) in [6, 6.07) is 6.14. The van der Waals surface area contributed by atoms with Gasteiger partial charge in [-0.1, -0.05) is 12.1 Å². The molecule has 1 aromatic carbocycles. The van der Waals surface area contributed by atoms with Crippen LogP contribution < -0.4 is 0 Å². The number of rotatable bonds is 1. The summed E-state index contributed by atoms with van der Waals surface area (Å²) in [5.74, 6) is -0.286. The van der Waals surface area contributed by atoms with Gasteiger partial charge >= 0.3 is 0 Å². The third-order valence-electron chi connectivity index (χ3n) is 1.58. The molecule has 0 fully saturated rings. The van der Waals surface area contributed by atoms with Crippen LogP contribution in [-0.4, -0.2) is 0 Å². The van der Waals surface area contributed by atoms with Gasteiger partial charge in [0.25, 0.3) is 6.29 Å². The van der Waals surface area contributed by atoms with E-state index in [0.717, 1.165) is 0 Å². The van der Waals surface area contributed by atoms with Gasteiger partial charge in [0.05, 0.1) is 0 Å². The number of benzene rings is 1. The van der Waals surface area contributed by atoms with Crippen LogP contribution in [-0.2, 0) is 9.47 Å². The second-order valence-electron chi connectivity index (χ2n) is 2.43. The second-order valence-corrected chi connectivity index (χ2v) is 2.43. The van der Waals surface area contributed by atoms with Gasteiger partial charge in [0.15, 0.2) is 0 Å². The molecule has 0 radical (unpaired) electrons. The van der Waals surface area contributed by atoms with Crippen LogP contribution in [0.15, 0.2) is 36.8 Å². The zero-order valence-electron chi connectivity index (χ0n) is 6.24. The lowest BCUT2D eigenvalue weighted by molar-refractivity contribution is -0.0247. The van der Waals surface area contributed by atoms with Crippen LogP contribution >= 0.6 is 0 Å². The van der Waals surface area contributed by atoms with Crippen LogP contribution in [0.4, 0.5) is 4.39 Å². The third-order valence-corrected chi connectivity index (χ3v) is 1.58. The molecule has 1 aliphatic rings. The quantitative estimate of drug-likeness (QED) is 0.637. The average Bonchev–Trinajstić information content (AvgIpc) is 2.56. The highest BCUT2D eigenvalue weighted by molar-refractivity contribution is 5.18. The van der Waals surface area contributed by atoms with E-state index in [0.29, 0.717) is 5.56 Å². The fourth-order valence-electron chi connectivity index (χ4n) is 1.05. The van der Waals surface area contributed by atoms with Gasteiger partial charge in [-0.3, -0.25) is 0 Å². The summed E-state index contributed by atoms with van der Waals surface area (Å²) >= 11 is 0. The summed E-state index contributed by atoms with van der Waals surface area (Å²) in [6.07, 6.45) is 2.39. The van der Waals surface area contributed by atoms with Crippen LogP contribution in [0, 0.1) is 5.82 Å². The summed E-state index contributed by atoms with van der Waals surface area (Å²) in [5.41, 5.74) is 0.681. The molecule has 0 spiro atoms. The molecule has 0 aliphatic carbocycles. The molecule has 0 amide bonds. The Morgan fingerprint density at radius 1 is 1.17 bits per heavy atom. The predicted molar refractivity (Wildman–Crippen MR) is 40.5 cm³/mol. The van der Waals surface area contributed by atoms with Crippen molar-refractivity contribution in [3.63, 3.8) is 0 Å². The molecule has 0 atom stereocenters. The first kappa shape index (κ1) is 7.16. The standard InChI is InChI=1S/C9H7FO2/c10-8-3-1-2-7(6-8)9-11-4-5-12-9/h1-6,9H. The van der Waals surface area contributed by atoms with Crippen LogP contribution in [0.2, 0.25) is 0 Å². The first-order chi connectivity index (χ1) is 5.86. The van der Waals surface area contributed by atoms with Crippen LogP contribution in [0.5, 0.6) is 0 Å². The van der Waals surface area contributed by atoms with Crippen molar-refractivity contribution in [3.05, 3.63) is 48.2 Å². The van der Waals surface area contributed by atoms with Crippen molar-refractivity contribution >= 4 is 0 Å². The SMILES string of the molecule is Fc1cccc(C2OC=CO2)c1. The summed E-state index contributed by atoms with van der Waals surface area (Å²) in [7, 11) is 0. The minimum atomic E-state index is -0.485. The molecule has 0 saturated heterocycles. The molecular formula is C9H7FO2. The second kappa shape index (κ2) is 2.85. The lowest BCUT2D eigenvalue weighted by atomic mass is 10.2. The van der Waals surface area contributed by atoms with Crippen LogP contribution in [0.25, 0.3) is 0 Å². The van der Waals surface area contributed by atoms with Gasteiger partial charge in [-0.15, -0.1) is 0 Å². The Balaban J connectivity index is 2.22. The molecule has 62 valence electrons. The van der Waals surface area contributed by atoms with E-state index in [1.165, 1.54) is 24.7 Å². The zero-order chi connectivity index (χ0) is 8.39. The topological polar surface area (TPSA) is 18.5 Å². The molecule has 1 aliphatic heterocycles. The zero-order valence-corrected chi connectivity index (χ0v) is 6.24. The maximum absolute atomic E-state index is 12.7. The van der Waals surface area contributed by atoms with Gasteiger partial charge in [-0.25, -0.2) is 4.39 Å². The van der Waals surface area contributed by atoms with Crippen LogP contribution in [0.3, 0.4) is 0 Å². The fraction of sp³-hybridized carbons (Fsp3) is 0.111. The fourth-order valence-corrected chi connectivity index (χ4v) is 1.05. The lowest BCUT2D eigenvalue weighted by Gasteiger charge is -2.09. The first-order valence-corrected chi connectivity index (χ1v) is 3.58. The van der Waals surface area contributed by atoms with Gasteiger partial charge in [0.1, 0.15) is 18.3 Å². The molecule has 1 aromatic rings. The van der Waals surface area contributed by atoms with Crippen molar-refractivity contribution in [2.24, 2.45) is 0 Å². The van der Waals surface area contributed by atoms with Gasteiger partial charge in [0, 0.05) is 5.56 Å². The molecule has 0 bridgehead atoms. The van der Waals surface area contributed by atoms with E-state index in [1.807, 2.05) is 0 Å². The largest absolute Gasteiger partial charge is 0.455 e. The Morgan fingerprint density at radius 3 is 2.58 bits per heavy atom. The number of hydrogen-bond donors (Lipinski definition) is 0. The Hall–Kier alpha value is -1.51. The maximum atomic E-state index is 12.7. The molecule has 0 N–H and O–H groups in total. The molecule has 0 unspecified atom stereocenters. The molecule has 0 aromatic heterocycles. The van der Waals surface area contributed by atoms with Crippen molar-refractivity contribution in [2.75, 3.05) is 0 Å². The Labute approximate surface area is 69.2 Å². The van der Waals surface area contributed by atoms with Crippen molar-refractivity contribution < 1.29 is 13.9 Å².